The van der Waals surface area contributed by atoms with Crippen molar-refractivity contribution in [2.24, 2.45) is 5.73 Å². The first kappa shape index (κ1) is 13.8. The van der Waals surface area contributed by atoms with Gasteiger partial charge in [0.05, 0.1) is 6.04 Å². The van der Waals surface area contributed by atoms with Crippen molar-refractivity contribution in [1.82, 2.24) is 0 Å². The first-order chi connectivity index (χ1) is 8.88. The monoisotopic (exact) mass is 253 g/mol. The van der Waals surface area contributed by atoms with Gasteiger partial charge in [-0.1, -0.05) is 41.5 Å². The van der Waals surface area contributed by atoms with Crippen molar-refractivity contribution in [3.8, 4) is 0 Å². The molecule has 19 heavy (non-hydrogen) atoms. The van der Waals surface area contributed by atoms with Crippen molar-refractivity contribution in [1.29, 1.82) is 0 Å². The molecule has 0 saturated carbocycles. The van der Waals surface area contributed by atoms with E-state index in [0.29, 0.717) is 0 Å². The van der Waals surface area contributed by atoms with Crippen molar-refractivity contribution in [3.05, 3.63) is 69.3 Å². The maximum Gasteiger partial charge on any atom is 0.0554 e. The summed E-state index contributed by atoms with van der Waals surface area (Å²) < 4.78 is 0. The lowest BCUT2D eigenvalue weighted by atomic mass is 9.91. The molecule has 0 aliphatic heterocycles. The lowest BCUT2D eigenvalue weighted by Crippen LogP contribution is -2.14. The third-order valence-corrected chi connectivity index (χ3v) is 3.82. The molecule has 1 unspecified atom stereocenters. The summed E-state index contributed by atoms with van der Waals surface area (Å²) in [5, 5.41) is 0. The highest BCUT2D eigenvalue weighted by Gasteiger charge is 2.13. The van der Waals surface area contributed by atoms with Crippen molar-refractivity contribution in [3.63, 3.8) is 0 Å². The highest BCUT2D eigenvalue weighted by Crippen LogP contribution is 2.26. The molecule has 0 amide bonds. The summed E-state index contributed by atoms with van der Waals surface area (Å²) in [7, 11) is 0. The van der Waals surface area contributed by atoms with E-state index in [2.05, 4.69) is 65.0 Å². The predicted molar refractivity (Wildman–Crippen MR) is 82.6 cm³/mol. The molecule has 0 aliphatic carbocycles. The average molecular weight is 253 g/mol. The molecule has 0 radical (unpaired) electrons. The Morgan fingerprint density at radius 1 is 0.684 bits per heavy atom. The number of benzene rings is 2. The standard InChI is InChI=1S/C18H23N/c1-11-6-12(2)8-16(7-11)18(19)17-10-14(4)13(3)9-15(17)5/h6-10,18H,19H2,1-5H3. The van der Waals surface area contributed by atoms with E-state index in [1.165, 1.54) is 38.9 Å². The molecule has 0 aromatic heterocycles. The molecule has 2 N–H and O–H groups in total. The van der Waals surface area contributed by atoms with Gasteiger partial charge in [-0.05, 0) is 62.4 Å². The van der Waals surface area contributed by atoms with Crippen LogP contribution in [0.25, 0.3) is 0 Å². The Labute approximate surface area is 116 Å². The molecule has 0 fully saturated rings. The highest BCUT2D eigenvalue weighted by atomic mass is 14.6. The quantitative estimate of drug-likeness (QED) is 0.849. The SMILES string of the molecule is Cc1cc(C)cc(C(N)c2cc(C)c(C)cc2C)c1. The Morgan fingerprint density at radius 3 is 1.79 bits per heavy atom. The fourth-order valence-corrected chi connectivity index (χ4v) is 2.69. The summed E-state index contributed by atoms with van der Waals surface area (Å²) in [6, 6.07) is 11.0. The van der Waals surface area contributed by atoms with Gasteiger partial charge >= 0.3 is 0 Å². The molecule has 1 heteroatoms. The highest BCUT2D eigenvalue weighted by molar-refractivity contribution is 5.43. The second-order valence-corrected chi connectivity index (χ2v) is 5.69. The Balaban J connectivity index is 2.49. The third-order valence-electron chi connectivity index (χ3n) is 3.82. The van der Waals surface area contributed by atoms with Crippen LogP contribution in [-0.2, 0) is 0 Å². The number of hydrogen-bond acceptors (Lipinski definition) is 1. The second-order valence-electron chi connectivity index (χ2n) is 5.69. The molecular formula is C18H23N. The minimum Gasteiger partial charge on any atom is -0.320 e. The zero-order chi connectivity index (χ0) is 14.2. The Morgan fingerprint density at radius 2 is 1.21 bits per heavy atom. The van der Waals surface area contributed by atoms with E-state index in [4.69, 9.17) is 5.73 Å². The van der Waals surface area contributed by atoms with Gasteiger partial charge in [-0.2, -0.15) is 0 Å². The van der Waals surface area contributed by atoms with Gasteiger partial charge in [0.1, 0.15) is 0 Å². The molecular weight excluding hydrogens is 230 g/mol. The van der Waals surface area contributed by atoms with Crippen LogP contribution in [0.15, 0.2) is 30.3 Å². The molecule has 1 atom stereocenters. The molecule has 0 heterocycles. The topological polar surface area (TPSA) is 26.0 Å². The summed E-state index contributed by atoms with van der Waals surface area (Å²) >= 11 is 0. The Bertz CT molecular complexity index is 591. The maximum absolute atomic E-state index is 6.47. The van der Waals surface area contributed by atoms with Gasteiger partial charge in [0.25, 0.3) is 0 Å². The third kappa shape index (κ3) is 2.87. The van der Waals surface area contributed by atoms with Crippen LogP contribution in [0, 0.1) is 34.6 Å². The normalized spacial score (nSPS) is 12.5. The van der Waals surface area contributed by atoms with Crippen LogP contribution in [-0.4, -0.2) is 0 Å². The first-order valence-corrected chi connectivity index (χ1v) is 6.80. The van der Waals surface area contributed by atoms with Crippen LogP contribution < -0.4 is 5.73 Å². The Hall–Kier alpha value is -1.60. The predicted octanol–water partition coefficient (Wildman–Crippen LogP) is 4.28. The van der Waals surface area contributed by atoms with Crippen LogP contribution in [0.4, 0.5) is 0 Å². The number of hydrogen-bond donors (Lipinski definition) is 1. The smallest absolute Gasteiger partial charge is 0.0554 e. The van der Waals surface area contributed by atoms with Crippen LogP contribution in [0.1, 0.15) is 45.0 Å². The second kappa shape index (κ2) is 5.18. The summed E-state index contributed by atoms with van der Waals surface area (Å²) in [5.74, 6) is 0. The summed E-state index contributed by atoms with van der Waals surface area (Å²) in [6.07, 6.45) is 0. The average Bonchev–Trinajstić information content (AvgIpc) is 2.31. The zero-order valence-electron chi connectivity index (χ0n) is 12.5. The molecule has 0 spiro atoms. The molecule has 0 saturated heterocycles. The molecule has 2 aromatic rings. The maximum atomic E-state index is 6.47. The van der Waals surface area contributed by atoms with Gasteiger partial charge in [0.2, 0.25) is 0 Å². The zero-order valence-corrected chi connectivity index (χ0v) is 12.5. The molecule has 100 valence electrons. The van der Waals surface area contributed by atoms with Crippen molar-refractivity contribution < 1.29 is 0 Å². The first-order valence-electron chi connectivity index (χ1n) is 6.80. The summed E-state index contributed by atoms with van der Waals surface area (Å²) in [6.45, 7) is 10.7. The van der Waals surface area contributed by atoms with Gasteiger partial charge in [-0.25, -0.2) is 0 Å². The summed E-state index contributed by atoms with van der Waals surface area (Å²) in [4.78, 5) is 0. The minimum absolute atomic E-state index is 0.0436. The van der Waals surface area contributed by atoms with E-state index in [9.17, 15) is 0 Å². The lowest BCUT2D eigenvalue weighted by Gasteiger charge is -2.18. The van der Waals surface area contributed by atoms with Crippen LogP contribution in [0.5, 0.6) is 0 Å². The van der Waals surface area contributed by atoms with Gasteiger partial charge in [-0.15, -0.1) is 0 Å². The number of aryl methyl sites for hydroxylation is 5. The minimum atomic E-state index is -0.0436. The number of nitrogens with two attached hydrogens (primary N) is 1. The van der Waals surface area contributed by atoms with E-state index in [1.54, 1.807) is 0 Å². The fourth-order valence-electron chi connectivity index (χ4n) is 2.69. The fraction of sp³-hybridized carbons (Fsp3) is 0.333. The van der Waals surface area contributed by atoms with Crippen molar-refractivity contribution in [2.45, 2.75) is 40.7 Å². The van der Waals surface area contributed by atoms with E-state index < -0.39 is 0 Å². The van der Waals surface area contributed by atoms with E-state index in [0.717, 1.165) is 0 Å². The lowest BCUT2D eigenvalue weighted by molar-refractivity contribution is 0.855. The van der Waals surface area contributed by atoms with Crippen molar-refractivity contribution in [2.75, 3.05) is 0 Å². The largest absolute Gasteiger partial charge is 0.320 e. The molecule has 1 nitrogen and oxygen atoms in total. The van der Waals surface area contributed by atoms with Crippen molar-refractivity contribution >= 4 is 0 Å². The van der Waals surface area contributed by atoms with E-state index >= 15 is 0 Å². The van der Waals surface area contributed by atoms with Crippen LogP contribution in [0.3, 0.4) is 0 Å². The van der Waals surface area contributed by atoms with Crippen LogP contribution in [0.2, 0.25) is 0 Å². The van der Waals surface area contributed by atoms with Gasteiger partial charge in [0, 0.05) is 0 Å². The van der Waals surface area contributed by atoms with Gasteiger partial charge in [-0.3, -0.25) is 0 Å². The Kier molecular flexibility index (Phi) is 3.77. The van der Waals surface area contributed by atoms with E-state index in [1.807, 2.05) is 0 Å². The van der Waals surface area contributed by atoms with Crippen LogP contribution >= 0.6 is 0 Å². The molecule has 2 rings (SSSR count). The molecule has 0 bridgehead atoms. The molecule has 2 aromatic carbocycles. The van der Waals surface area contributed by atoms with Gasteiger partial charge < -0.3 is 5.73 Å². The van der Waals surface area contributed by atoms with E-state index in [-0.39, 0.29) is 6.04 Å². The summed E-state index contributed by atoms with van der Waals surface area (Å²) in [5.41, 5.74) is 15.3. The number of rotatable bonds is 2. The van der Waals surface area contributed by atoms with Gasteiger partial charge in [0.15, 0.2) is 0 Å². The molecule has 0 aliphatic rings.